The average Bonchev–Trinajstić information content (AvgIpc) is 2.50. The highest BCUT2D eigenvalue weighted by Crippen LogP contribution is 2.37. The number of hydrogen-bond donors (Lipinski definition) is 1. The first-order valence-electron chi connectivity index (χ1n) is 5.72. The zero-order chi connectivity index (χ0) is 9.31. The highest BCUT2D eigenvalue weighted by Gasteiger charge is 2.42. The van der Waals surface area contributed by atoms with E-state index in [9.17, 15) is 0 Å². The summed E-state index contributed by atoms with van der Waals surface area (Å²) in [7, 11) is 0. The van der Waals surface area contributed by atoms with Gasteiger partial charge in [-0.2, -0.15) is 0 Å². The highest BCUT2D eigenvalue weighted by molar-refractivity contribution is 4.99. The summed E-state index contributed by atoms with van der Waals surface area (Å²) in [5.74, 6) is 0. The summed E-state index contributed by atoms with van der Waals surface area (Å²) < 4.78 is 0. The Morgan fingerprint density at radius 1 is 1.15 bits per heavy atom. The maximum atomic E-state index is 3.47. The lowest BCUT2D eigenvalue weighted by Crippen LogP contribution is -2.53. The number of nitrogens with one attached hydrogen (secondary N) is 1. The summed E-state index contributed by atoms with van der Waals surface area (Å²) >= 11 is 0. The number of nitrogens with zero attached hydrogens (tertiary/aromatic N) is 1. The fourth-order valence-electron chi connectivity index (χ4n) is 3.19. The predicted octanol–water partition coefficient (Wildman–Crippen LogP) is 1.61. The SMILES string of the molecule is CC(C)N1CCCC12CCNCC2. The Balaban J connectivity index is 2.09. The van der Waals surface area contributed by atoms with Crippen molar-refractivity contribution in [1.82, 2.24) is 10.2 Å². The van der Waals surface area contributed by atoms with Crippen molar-refractivity contribution in [2.45, 2.75) is 51.1 Å². The Hall–Kier alpha value is -0.0800. The van der Waals surface area contributed by atoms with Crippen molar-refractivity contribution in [1.29, 1.82) is 0 Å². The van der Waals surface area contributed by atoms with Crippen molar-refractivity contribution in [3.63, 3.8) is 0 Å². The molecule has 0 aliphatic carbocycles. The van der Waals surface area contributed by atoms with Crippen molar-refractivity contribution in [2.75, 3.05) is 19.6 Å². The largest absolute Gasteiger partial charge is 0.317 e. The van der Waals surface area contributed by atoms with Crippen LogP contribution in [0.2, 0.25) is 0 Å². The van der Waals surface area contributed by atoms with Crippen LogP contribution >= 0.6 is 0 Å². The third kappa shape index (κ3) is 1.62. The second kappa shape index (κ2) is 3.58. The van der Waals surface area contributed by atoms with Crippen LogP contribution in [0.25, 0.3) is 0 Å². The lowest BCUT2D eigenvalue weighted by molar-refractivity contribution is 0.0711. The zero-order valence-electron chi connectivity index (χ0n) is 8.97. The van der Waals surface area contributed by atoms with Gasteiger partial charge in [0.1, 0.15) is 0 Å². The van der Waals surface area contributed by atoms with Crippen LogP contribution < -0.4 is 5.32 Å². The molecule has 2 aliphatic rings. The number of likely N-dealkylation sites (tertiary alicyclic amines) is 1. The Bertz CT molecular complexity index is 171. The minimum atomic E-state index is 0.583. The van der Waals surface area contributed by atoms with Gasteiger partial charge in [0.2, 0.25) is 0 Å². The van der Waals surface area contributed by atoms with Gasteiger partial charge in [0, 0.05) is 11.6 Å². The van der Waals surface area contributed by atoms with Gasteiger partial charge in [-0.15, -0.1) is 0 Å². The molecule has 1 N–H and O–H groups in total. The van der Waals surface area contributed by atoms with Crippen LogP contribution in [-0.2, 0) is 0 Å². The van der Waals surface area contributed by atoms with Gasteiger partial charge in [0.25, 0.3) is 0 Å². The molecule has 2 rings (SSSR count). The van der Waals surface area contributed by atoms with Gasteiger partial charge in [-0.25, -0.2) is 0 Å². The van der Waals surface area contributed by atoms with Gasteiger partial charge in [0.15, 0.2) is 0 Å². The molecule has 0 bridgehead atoms. The van der Waals surface area contributed by atoms with Crippen LogP contribution in [0.3, 0.4) is 0 Å². The van der Waals surface area contributed by atoms with Gasteiger partial charge < -0.3 is 5.32 Å². The fraction of sp³-hybridized carbons (Fsp3) is 1.00. The first-order valence-corrected chi connectivity index (χ1v) is 5.72. The third-order valence-corrected chi connectivity index (χ3v) is 3.81. The summed E-state index contributed by atoms with van der Waals surface area (Å²) in [6.07, 6.45) is 5.58. The maximum absolute atomic E-state index is 3.47. The highest BCUT2D eigenvalue weighted by atomic mass is 15.2. The van der Waals surface area contributed by atoms with Crippen LogP contribution in [0.1, 0.15) is 39.5 Å². The Morgan fingerprint density at radius 2 is 1.85 bits per heavy atom. The Kier molecular flexibility index (Phi) is 2.61. The van der Waals surface area contributed by atoms with E-state index in [1.54, 1.807) is 0 Å². The van der Waals surface area contributed by atoms with Crippen molar-refractivity contribution >= 4 is 0 Å². The van der Waals surface area contributed by atoms with Crippen LogP contribution in [0.5, 0.6) is 0 Å². The molecule has 1 spiro atoms. The van der Waals surface area contributed by atoms with Gasteiger partial charge in [-0.3, -0.25) is 4.90 Å². The average molecular weight is 182 g/mol. The van der Waals surface area contributed by atoms with Gasteiger partial charge in [0.05, 0.1) is 0 Å². The normalized spacial score (nSPS) is 28.8. The van der Waals surface area contributed by atoms with E-state index in [4.69, 9.17) is 0 Å². The van der Waals surface area contributed by atoms with E-state index < -0.39 is 0 Å². The van der Waals surface area contributed by atoms with Crippen LogP contribution in [0, 0.1) is 0 Å². The van der Waals surface area contributed by atoms with Crippen molar-refractivity contribution in [2.24, 2.45) is 0 Å². The van der Waals surface area contributed by atoms with Crippen molar-refractivity contribution in [3.05, 3.63) is 0 Å². The van der Waals surface area contributed by atoms with Crippen LogP contribution in [0.4, 0.5) is 0 Å². The molecule has 2 saturated heterocycles. The zero-order valence-corrected chi connectivity index (χ0v) is 8.97. The molecule has 0 aromatic heterocycles. The molecule has 13 heavy (non-hydrogen) atoms. The van der Waals surface area contributed by atoms with Crippen molar-refractivity contribution in [3.8, 4) is 0 Å². The number of hydrogen-bond acceptors (Lipinski definition) is 2. The van der Waals surface area contributed by atoms with E-state index >= 15 is 0 Å². The minimum Gasteiger partial charge on any atom is -0.317 e. The number of rotatable bonds is 1. The lowest BCUT2D eigenvalue weighted by atomic mass is 9.85. The van der Waals surface area contributed by atoms with Gasteiger partial charge >= 0.3 is 0 Å². The van der Waals surface area contributed by atoms with Crippen LogP contribution in [0.15, 0.2) is 0 Å². The molecule has 0 aromatic carbocycles. The molecule has 2 nitrogen and oxygen atoms in total. The predicted molar refractivity (Wildman–Crippen MR) is 55.9 cm³/mol. The van der Waals surface area contributed by atoms with E-state index in [2.05, 4.69) is 24.1 Å². The smallest absolute Gasteiger partial charge is 0.0236 e. The quantitative estimate of drug-likeness (QED) is 0.663. The lowest BCUT2D eigenvalue weighted by Gasteiger charge is -2.44. The van der Waals surface area contributed by atoms with Crippen LogP contribution in [-0.4, -0.2) is 36.1 Å². The molecule has 0 saturated carbocycles. The fourth-order valence-corrected chi connectivity index (χ4v) is 3.19. The Labute approximate surface area is 81.7 Å². The standard InChI is InChI=1S/C11H22N2/c1-10(2)13-9-3-4-11(13)5-7-12-8-6-11/h10,12H,3-9H2,1-2H3. The minimum absolute atomic E-state index is 0.583. The second-order valence-electron chi connectivity index (χ2n) is 4.87. The monoisotopic (exact) mass is 182 g/mol. The summed E-state index contributed by atoms with van der Waals surface area (Å²) in [6, 6.07) is 0.737. The first kappa shape index (κ1) is 9.47. The first-order chi connectivity index (χ1) is 6.25. The van der Waals surface area contributed by atoms with E-state index in [-0.39, 0.29) is 0 Å². The molecule has 0 amide bonds. The molecule has 2 heterocycles. The topological polar surface area (TPSA) is 15.3 Å². The van der Waals surface area contributed by atoms with E-state index in [0.29, 0.717) is 5.54 Å². The van der Waals surface area contributed by atoms with Crippen molar-refractivity contribution < 1.29 is 0 Å². The summed E-state index contributed by atoms with van der Waals surface area (Å²) in [5, 5.41) is 3.47. The summed E-state index contributed by atoms with van der Waals surface area (Å²) in [4.78, 5) is 2.74. The molecule has 2 fully saturated rings. The van der Waals surface area contributed by atoms with Gasteiger partial charge in [-0.05, 0) is 59.2 Å². The second-order valence-corrected chi connectivity index (χ2v) is 4.87. The summed E-state index contributed by atoms with van der Waals surface area (Å²) in [6.45, 7) is 8.47. The molecule has 0 atom stereocenters. The molecule has 2 aliphatic heterocycles. The molecular weight excluding hydrogens is 160 g/mol. The molecular formula is C11H22N2. The molecule has 0 aromatic rings. The molecule has 0 unspecified atom stereocenters. The molecule has 76 valence electrons. The Morgan fingerprint density at radius 3 is 2.46 bits per heavy atom. The summed E-state index contributed by atoms with van der Waals surface area (Å²) in [5.41, 5.74) is 0.583. The number of piperidine rings is 1. The van der Waals surface area contributed by atoms with E-state index in [1.165, 1.54) is 45.3 Å². The maximum Gasteiger partial charge on any atom is 0.0236 e. The van der Waals surface area contributed by atoms with Gasteiger partial charge in [-0.1, -0.05) is 0 Å². The molecule has 0 radical (unpaired) electrons. The van der Waals surface area contributed by atoms with E-state index in [1.807, 2.05) is 0 Å². The molecule has 2 heteroatoms. The third-order valence-electron chi connectivity index (χ3n) is 3.81. The van der Waals surface area contributed by atoms with E-state index in [0.717, 1.165) is 6.04 Å².